The molecule has 0 heterocycles. The lowest BCUT2D eigenvalue weighted by atomic mass is 10.1. The van der Waals surface area contributed by atoms with Gasteiger partial charge in [-0.1, -0.05) is 48.5 Å². The predicted octanol–water partition coefficient (Wildman–Crippen LogP) is 4.52. The molecule has 0 bridgehead atoms. The molecule has 18 heavy (non-hydrogen) atoms. The molecule has 0 aliphatic carbocycles. The zero-order valence-electron chi connectivity index (χ0n) is 9.82. The second kappa shape index (κ2) is 6.12. The molecule has 0 spiro atoms. The zero-order valence-corrected chi connectivity index (χ0v) is 10.7. The lowest BCUT2D eigenvalue weighted by Gasteiger charge is -1.96. The van der Waals surface area contributed by atoms with E-state index in [9.17, 15) is 0 Å². The van der Waals surface area contributed by atoms with Gasteiger partial charge >= 0.3 is 0 Å². The van der Waals surface area contributed by atoms with Crippen molar-refractivity contribution in [3.63, 3.8) is 0 Å². The molecule has 0 atom stereocenters. The van der Waals surface area contributed by atoms with E-state index in [2.05, 4.69) is 12.6 Å². The Hall–Kier alpha value is -1.93. The molecule has 0 aliphatic rings. The van der Waals surface area contributed by atoms with Gasteiger partial charge in [0.05, 0.1) is 0 Å². The zero-order chi connectivity index (χ0) is 12.8. The van der Waals surface area contributed by atoms with Crippen LogP contribution in [-0.2, 0) is 0 Å². The van der Waals surface area contributed by atoms with E-state index < -0.39 is 0 Å². The van der Waals surface area contributed by atoms with E-state index in [1.54, 1.807) is 12.1 Å². The van der Waals surface area contributed by atoms with Crippen molar-refractivity contribution < 1.29 is 5.11 Å². The standard InChI is InChI=1S/C10H8O.C6H6S/c11-10-6-5-8-3-1-2-4-9(8)7-10;7-6-4-2-1-3-5-6/h1-7,11H;1-5,7H. The van der Waals surface area contributed by atoms with Crippen molar-refractivity contribution in [3.8, 4) is 5.75 Å². The smallest absolute Gasteiger partial charge is 0.116 e. The van der Waals surface area contributed by atoms with Crippen molar-refractivity contribution in [1.29, 1.82) is 0 Å². The van der Waals surface area contributed by atoms with Crippen LogP contribution in [0.5, 0.6) is 5.75 Å². The molecule has 0 saturated carbocycles. The molecule has 0 radical (unpaired) electrons. The van der Waals surface area contributed by atoms with Gasteiger partial charge in [-0.05, 0) is 35.0 Å². The van der Waals surface area contributed by atoms with Gasteiger partial charge in [-0.15, -0.1) is 12.6 Å². The van der Waals surface area contributed by atoms with Gasteiger partial charge in [-0.25, -0.2) is 0 Å². The number of hydrogen-bond acceptors (Lipinski definition) is 2. The van der Waals surface area contributed by atoms with E-state index in [4.69, 9.17) is 5.11 Å². The first kappa shape index (κ1) is 12.5. The Balaban J connectivity index is 0.000000149. The highest BCUT2D eigenvalue weighted by atomic mass is 32.1. The second-order valence-electron chi connectivity index (χ2n) is 3.87. The number of aromatic hydroxyl groups is 1. The summed E-state index contributed by atoms with van der Waals surface area (Å²) in [6.45, 7) is 0. The summed E-state index contributed by atoms with van der Waals surface area (Å²) >= 11 is 4.08. The Morgan fingerprint density at radius 3 is 1.89 bits per heavy atom. The molecular formula is C16H14OS. The largest absolute Gasteiger partial charge is 0.508 e. The topological polar surface area (TPSA) is 20.2 Å². The van der Waals surface area contributed by atoms with Crippen molar-refractivity contribution in [2.75, 3.05) is 0 Å². The highest BCUT2D eigenvalue weighted by Crippen LogP contribution is 2.18. The second-order valence-corrected chi connectivity index (χ2v) is 4.38. The number of fused-ring (bicyclic) bond motifs is 1. The first-order valence-corrected chi connectivity index (χ1v) is 6.12. The van der Waals surface area contributed by atoms with Gasteiger partial charge in [-0.2, -0.15) is 0 Å². The first-order valence-electron chi connectivity index (χ1n) is 5.67. The molecular weight excluding hydrogens is 240 g/mol. The van der Waals surface area contributed by atoms with Crippen molar-refractivity contribution >= 4 is 23.4 Å². The van der Waals surface area contributed by atoms with Crippen molar-refractivity contribution in [2.45, 2.75) is 4.90 Å². The normalized spacial score (nSPS) is 9.61. The summed E-state index contributed by atoms with van der Waals surface area (Å²) in [7, 11) is 0. The van der Waals surface area contributed by atoms with Crippen LogP contribution in [0.1, 0.15) is 0 Å². The van der Waals surface area contributed by atoms with Crippen LogP contribution in [0.4, 0.5) is 0 Å². The third-order valence-corrected chi connectivity index (χ3v) is 2.79. The van der Waals surface area contributed by atoms with Crippen molar-refractivity contribution in [3.05, 3.63) is 72.8 Å². The summed E-state index contributed by atoms with van der Waals surface area (Å²) in [6, 6.07) is 23.1. The number of benzene rings is 3. The summed E-state index contributed by atoms with van der Waals surface area (Å²) in [5.41, 5.74) is 0. The minimum atomic E-state index is 0.323. The Morgan fingerprint density at radius 2 is 1.28 bits per heavy atom. The van der Waals surface area contributed by atoms with Crippen LogP contribution >= 0.6 is 12.6 Å². The Bertz CT molecular complexity index is 620. The SMILES string of the molecule is Oc1ccc2ccccc2c1.Sc1ccccc1. The third-order valence-electron chi connectivity index (χ3n) is 2.49. The fourth-order valence-corrected chi connectivity index (χ4v) is 1.78. The Morgan fingerprint density at radius 1 is 0.667 bits per heavy atom. The average molecular weight is 254 g/mol. The van der Waals surface area contributed by atoms with Gasteiger partial charge in [0.25, 0.3) is 0 Å². The lowest BCUT2D eigenvalue weighted by molar-refractivity contribution is 0.476. The first-order chi connectivity index (χ1) is 8.75. The molecule has 0 aromatic heterocycles. The highest BCUT2D eigenvalue weighted by Gasteiger charge is 1.91. The van der Waals surface area contributed by atoms with Crippen molar-refractivity contribution in [1.82, 2.24) is 0 Å². The van der Waals surface area contributed by atoms with E-state index in [0.29, 0.717) is 5.75 Å². The molecule has 0 unspecified atom stereocenters. The quantitative estimate of drug-likeness (QED) is 0.565. The van der Waals surface area contributed by atoms with Crippen LogP contribution in [0.15, 0.2) is 77.7 Å². The van der Waals surface area contributed by atoms with E-state index in [-0.39, 0.29) is 0 Å². The van der Waals surface area contributed by atoms with Crippen molar-refractivity contribution in [2.24, 2.45) is 0 Å². The molecule has 2 heteroatoms. The summed E-state index contributed by atoms with van der Waals surface area (Å²) in [6.07, 6.45) is 0. The summed E-state index contributed by atoms with van der Waals surface area (Å²) in [5.74, 6) is 0.323. The van der Waals surface area contributed by atoms with E-state index in [1.807, 2.05) is 60.7 Å². The summed E-state index contributed by atoms with van der Waals surface area (Å²) in [4.78, 5) is 1.02. The number of phenols is 1. The maximum atomic E-state index is 9.13. The van der Waals surface area contributed by atoms with E-state index in [1.165, 1.54) is 0 Å². The minimum Gasteiger partial charge on any atom is -0.508 e. The number of hydrogen-bond donors (Lipinski definition) is 2. The number of thiol groups is 1. The fraction of sp³-hybridized carbons (Fsp3) is 0. The summed E-state index contributed by atoms with van der Waals surface area (Å²) < 4.78 is 0. The third kappa shape index (κ3) is 3.54. The van der Waals surface area contributed by atoms with Gasteiger partial charge in [-0.3, -0.25) is 0 Å². The van der Waals surface area contributed by atoms with Crippen LogP contribution in [-0.4, -0.2) is 5.11 Å². The number of rotatable bonds is 0. The average Bonchev–Trinajstić information content (AvgIpc) is 2.40. The molecule has 0 aliphatic heterocycles. The van der Waals surface area contributed by atoms with Gasteiger partial charge < -0.3 is 5.11 Å². The van der Waals surface area contributed by atoms with Crippen LogP contribution in [0.3, 0.4) is 0 Å². The van der Waals surface area contributed by atoms with Crippen LogP contribution < -0.4 is 0 Å². The molecule has 1 N–H and O–H groups in total. The maximum Gasteiger partial charge on any atom is 0.116 e. The fourth-order valence-electron chi connectivity index (χ4n) is 1.60. The maximum absolute atomic E-state index is 9.13. The van der Waals surface area contributed by atoms with Crippen LogP contribution in [0.2, 0.25) is 0 Å². The molecule has 1 nitrogen and oxygen atoms in total. The summed E-state index contributed by atoms with van der Waals surface area (Å²) in [5, 5.41) is 11.4. The monoisotopic (exact) mass is 254 g/mol. The molecule has 3 aromatic carbocycles. The Labute approximate surface area is 112 Å². The molecule has 90 valence electrons. The Kier molecular flexibility index (Phi) is 4.26. The van der Waals surface area contributed by atoms with Crippen LogP contribution in [0.25, 0.3) is 10.8 Å². The van der Waals surface area contributed by atoms with Crippen LogP contribution in [0, 0.1) is 0 Å². The molecule has 3 aromatic rings. The van der Waals surface area contributed by atoms with E-state index in [0.717, 1.165) is 15.7 Å². The molecule has 0 fully saturated rings. The molecule has 3 rings (SSSR count). The van der Waals surface area contributed by atoms with Gasteiger partial charge in [0.1, 0.15) is 5.75 Å². The highest BCUT2D eigenvalue weighted by molar-refractivity contribution is 7.80. The number of phenolic OH excluding ortho intramolecular Hbond substituents is 1. The van der Waals surface area contributed by atoms with Gasteiger partial charge in [0, 0.05) is 4.90 Å². The van der Waals surface area contributed by atoms with Gasteiger partial charge in [0.2, 0.25) is 0 Å². The predicted molar refractivity (Wildman–Crippen MR) is 79.3 cm³/mol. The molecule has 0 saturated heterocycles. The lowest BCUT2D eigenvalue weighted by Crippen LogP contribution is -1.69. The van der Waals surface area contributed by atoms with Gasteiger partial charge in [0.15, 0.2) is 0 Å². The van der Waals surface area contributed by atoms with E-state index >= 15 is 0 Å². The minimum absolute atomic E-state index is 0.323. The molecule has 0 amide bonds.